The number of halogens is 1. The fraction of sp³-hybridized carbons (Fsp3) is 0.300. The monoisotopic (exact) mass is 511 g/mol. The van der Waals surface area contributed by atoms with Gasteiger partial charge in [0.25, 0.3) is 0 Å². The van der Waals surface area contributed by atoms with E-state index in [1.165, 1.54) is 24.6 Å². The predicted molar refractivity (Wildman–Crippen MR) is 144 cm³/mol. The number of ether oxygens (including phenoxy) is 1. The van der Waals surface area contributed by atoms with Crippen LogP contribution in [0.25, 0.3) is 22.4 Å². The number of carbonyl (C=O) groups is 1. The van der Waals surface area contributed by atoms with Crippen molar-refractivity contribution in [3.05, 3.63) is 90.0 Å². The van der Waals surface area contributed by atoms with Gasteiger partial charge in [-0.25, -0.2) is 9.37 Å². The quantitative estimate of drug-likeness (QED) is 0.366. The highest BCUT2D eigenvalue weighted by Gasteiger charge is 2.37. The van der Waals surface area contributed by atoms with Crippen LogP contribution in [-0.2, 0) is 29.2 Å². The first-order valence-corrected chi connectivity index (χ1v) is 13.0. The second kappa shape index (κ2) is 10.5. The number of aromatic nitrogens is 3. The number of anilines is 1. The molecule has 4 aromatic rings. The molecule has 2 aromatic carbocycles. The number of pyridine rings is 1. The van der Waals surface area contributed by atoms with Gasteiger partial charge in [0.2, 0.25) is 5.91 Å². The lowest BCUT2D eigenvalue weighted by Crippen LogP contribution is -2.50. The molecular weight excluding hydrogens is 481 g/mol. The normalized spacial score (nSPS) is 19.0. The van der Waals surface area contributed by atoms with Crippen LogP contribution < -0.4 is 5.32 Å². The molecule has 1 amide bonds. The molecule has 3 heterocycles. The standard InChI is InChI=1S/C30H30FN5O2/c1-20(37)33-28-15-23(11-12-32-28)29-27-18-35(25-16-26(17-25)38-19-21-5-3-2-4-6-21)13-14-36(27)34-30(29)22-7-9-24(31)10-8-22/h2-12,15,25-26H,13-14,16-19H2,1H3,(H,32,33,37). The predicted octanol–water partition coefficient (Wildman–Crippen LogP) is 5.27. The van der Waals surface area contributed by atoms with E-state index in [0.717, 1.165) is 60.6 Å². The van der Waals surface area contributed by atoms with Gasteiger partial charge in [-0.1, -0.05) is 30.3 Å². The van der Waals surface area contributed by atoms with Crippen molar-refractivity contribution in [2.24, 2.45) is 0 Å². The van der Waals surface area contributed by atoms with E-state index in [1.54, 1.807) is 18.3 Å². The molecule has 1 N–H and O–H groups in total. The van der Waals surface area contributed by atoms with E-state index in [2.05, 4.69) is 32.0 Å². The summed E-state index contributed by atoms with van der Waals surface area (Å²) >= 11 is 0. The van der Waals surface area contributed by atoms with Crippen molar-refractivity contribution in [2.75, 3.05) is 11.9 Å². The molecule has 0 atom stereocenters. The molecule has 0 saturated heterocycles. The minimum Gasteiger partial charge on any atom is -0.373 e. The fourth-order valence-corrected chi connectivity index (χ4v) is 5.36. The molecular formula is C30H30FN5O2. The summed E-state index contributed by atoms with van der Waals surface area (Å²) in [6.07, 6.45) is 4.01. The number of hydrogen-bond acceptors (Lipinski definition) is 5. The molecule has 0 unspecified atom stereocenters. The highest BCUT2D eigenvalue weighted by atomic mass is 19.1. The van der Waals surface area contributed by atoms with Crippen molar-refractivity contribution in [1.29, 1.82) is 0 Å². The molecule has 6 rings (SSSR count). The zero-order valence-corrected chi connectivity index (χ0v) is 21.3. The van der Waals surface area contributed by atoms with E-state index < -0.39 is 0 Å². The highest BCUT2D eigenvalue weighted by molar-refractivity contribution is 5.89. The minimum atomic E-state index is -0.281. The summed E-state index contributed by atoms with van der Waals surface area (Å²) in [5.74, 6) is 0.0343. The SMILES string of the molecule is CC(=O)Nc1cc(-c2c(-c3ccc(F)cc3)nn3c2CN(C2CC(OCc4ccccc4)C2)CC3)ccn1. The molecule has 0 bridgehead atoms. The number of nitrogens with zero attached hydrogens (tertiary/aromatic N) is 4. The summed E-state index contributed by atoms with van der Waals surface area (Å²) in [4.78, 5) is 18.5. The van der Waals surface area contributed by atoms with E-state index in [9.17, 15) is 9.18 Å². The topological polar surface area (TPSA) is 72.3 Å². The first-order valence-electron chi connectivity index (χ1n) is 13.0. The Morgan fingerprint density at radius 2 is 1.84 bits per heavy atom. The molecule has 1 fully saturated rings. The van der Waals surface area contributed by atoms with E-state index in [4.69, 9.17) is 9.84 Å². The molecule has 38 heavy (non-hydrogen) atoms. The summed E-state index contributed by atoms with van der Waals surface area (Å²) < 4.78 is 21.9. The third-order valence-electron chi connectivity index (χ3n) is 7.39. The lowest BCUT2D eigenvalue weighted by molar-refractivity contribution is -0.114. The van der Waals surface area contributed by atoms with Gasteiger partial charge in [-0.05, 0) is 60.4 Å². The third-order valence-corrected chi connectivity index (χ3v) is 7.39. The van der Waals surface area contributed by atoms with Crippen LogP contribution in [0.3, 0.4) is 0 Å². The molecule has 1 aliphatic heterocycles. The fourth-order valence-electron chi connectivity index (χ4n) is 5.36. The Balaban J connectivity index is 1.25. The van der Waals surface area contributed by atoms with Crippen molar-refractivity contribution in [2.45, 2.75) is 51.6 Å². The van der Waals surface area contributed by atoms with Crippen LogP contribution in [0.1, 0.15) is 31.0 Å². The Labute approximate surface area is 221 Å². The van der Waals surface area contributed by atoms with Gasteiger partial charge >= 0.3 is 0 Å². The van der Waals surface area contributed by atoms with Gasteiger partial charge < -0.3 is 10.1 Å². The zero-order chi connectivity index (χ0) is 26.1. The molecule has 1 saturated carbocycles. The Bertz CT molecular complexity index is 1430. The van der Waals surface area contributed by atoms with Gasteiger partial charge in [-0.15, -0.1) is 0 Å². The van der Waals surface area contributed by atoms with E-state index in [-0.39, 0.29) is 17.8 Å². The van der Waals surface area contributed by atoms with Gasteiger partial charge in [0, 0.05) is 43.4 Å². The minimum absolute atomic E-state index is 0.175. The van der Waals surface area contributed by atoms with Crippen molar-refractivity contribution < 1.29 is 13.9 Å². The lowest BCUT2D eigenvalue weighted by Gasteiger charge is -2.44. The maximum absolute atomic E-state index is 13.7. The maximum atomic E-state index is 13.7. The van der Waals surface area contributed by atoms with Crippen molar-refractivity contribution in [3.8, 4) is 22.4 Å². The third kappa shape index (κ3) is 5.10. The number of hydrogen-bond donors (Lipinski definition) is 1. The number of benzene rings is 2. The number of carbonyl (C=O) groups excluding carboxylic acids is 1. The number of fused-ring (bicyclic) bond motifs is 1. The van der Waals surface area contributed by atoms with Gasteiger partial charge in [0.1, 0.15) is 17.3 Å². The van der Waals surface area contributed by atoms with E-state index >= 15 is 0 Å². The first kappa shape index (κ1) is 24.5. The zero-order valence-electron chi connectivity index (χ0n) is 21.3. The molecule has 2 aromatic heterocycles. The Hall–Kier alpha value is -3.88. The van der Waals surface area contributed by atoms with Crippen molar-refractivity contribution in [3.63, 3.8) is 0 Å². The summed E-state index contributed by atoms with van der Waals surface area (Å²) in [6, 6.07) is 21.0. The summed E-state index contributed by atoms with van der Waals surface area (Å²) in [5.41, 5.74) is 5.89. The van der Waals surface area contributed by atoms with Crippen LogP contribution in [0.5, 0.6) is 0 Å². The Kier molecular flexibility index (Phi) is 6.74. The first-order chi connectivity index (χ1) is 18.5. The van der Waals surface area contributed by atoms with Gasteiger partial charge in [-0.3, -0.25) is 14.4 Å². The van der Waals surface area contributed by atoms with Crippen LogP contribution >= 0.6 is 0 Å². The average Bonchev–Trinajstić information content (AvgIpc) is 3.27. The second-order valence-electron chi connectivity index (χ2n) is 10.0. The second-order valence-corrected chi connectivity index (χ2v) is 10.0. The highest BCUT2D eigenvalue weighted by Crippen LogP contribution is 2.39. The Morgan fingerprint density at radius 1 is 1.05 bits per heavy atom. The van der Waals surface area contributed by atoms with Gasteiger partial charge in [-0.2, -0.15) is 5.10 Å². The lowest BCUT2D eigenvalue weighted by atomic mass is 9.87. The molecule has 8 heteroatoms. The van der Waals surface area contributed by atoms with Crippen molar-refractivity contribution in [1.82, 2.24) is 19.7 Å². The van der Waals surface area contributed by atoms with Crippen LogP contribution in [0.15, 0.2) is 72.9 Å². The summed E-state index contributed by atoms with van der Waals surface area (Å²) in [5, 5.41) is 7.74. The van der Waals surface area contributed by atoms with Crippen LogP contribution in [0.2, 0.25) is 0 Å². The summed E-state index contributed by atoms with van der Waals surface area (Å²) in [7, 11) is 0. The number of amides is 1. The molecule has 2 aliphatic rings. The largest absolute Gasteiger partial charge is 0.373 e. The van der Waals surface area contributed by atoms with E-state index in [0.29, 0.717) is 18.5 Å². The summed E-state index contributed by atoms with van der Waals surface area (Å²) in [6.45, 7) is 4.57. The maximum Gasteiger partial charge on any atom is 0.222 e. The molecule has 0 radical (unpaired) electrons. The van der Waals surface area contributed by atoms with Crippen LogP contribution in [-0.4, -0.2) is 44.3 Å². The van der Waals surface area contributed by atoms with Gasteiger partial charge in [0.15, 0.2) is 0 Å². The molecule has 0 spiro atoms. The smallest absolute Gasteiger partial charge is 0.222 e. The Morgan fingerprint density at radius 3 is 2.61 bits per heavy atom. The van der Waals surface area contributed by atoms with Gasteiger partial charge in [0.05, 0.1) is 24.9 Å². The van der Waals surface area contributed by atoms with Crippen LogP contribution in [0, 0.1) is 5.82 Å². The molecule has 7 nitrogen and oxygen atoms in total. The van der Waals surface area contributed by atoms with Crippen molar-refractivity contribution >= 4 is 11.7 Å². The molecule has 194 valence electrons. The van der Waals surface area contributed by atoms with E-state index in [1.807, 2.05) is 30.3 Å². The molecule has 1 aliphatic carbocycles. The van der Waals surface area contributed by atoms with Crippen LogP contribution in [0.4, 0.5) is 10.2 Å². The average molecular weight is 512 g/mol. The number of nitrogens with one attached hydrogen (secondary N) is 1. The number of rotatable bonds is 7.